The van der Waals surface area contributed by atoms with Crippen LogP contribution in [0, 0.1) is 0 Å². The molecule has 0 amide bonds. The molecule has 0 saturated heterocycles. The molecule has 0 saturated carbocycles. The molecule has 0 atom stereocenters. The fourth-order valence-corrected chi connectivity index (χ4v) is 2.03. The standard InChI is InChI=1S/C13H16BrN5O/c1-3-5-15-11-10(14)9(8-20-2)18-13(19-11)12-16-6-4-7-17-12/h4,6-7H,3,5,8H2,1-2H3,(H,15,18,19). The molecular weight excluding hydrogens is 322 g/mol. The van der Waals surface area contributed by atoms with Crippen LogP contribution >= 0.6 is 15.9 Å². The molecule has 6 nitrogen and oxygen atoms in total. The van der Waals surface area contributed by atoms with Crippen LogP contribution < -0.4 is 5.32 Å². The quantitative estimate of drug-likeness (QED) is 0.873. The summed E-state index contributed by atoms with van der Waals surface area (Å²) in [6, 6.07) is 1.76. The molecule has 106 valence electrons. The Kier molecular flexibility index (Phi) is 5.37. The molecule has 0 bridgehead atoms. The third kappa shape index (κ3) is 3.49. The second-order valence-corrected chi connectivity index (χ2v) is 4.88. The zero-order chi connectivity index (χ0) is 14.4. The smallest absolute Gasteiger partial charge is 0.200 e. The van der Waals surface area contributed by atoms with E-state index in [0.717, 1.165) is 29.0 Å². The summed E-state index contributed by atoms with van der Waals surface area (Å²) in [7, 11) is 1.63. The average Bonchev–Trinajstić information content (AvgIpc) is 2.49. The molecule has 2 aromatic heterocycles. The number of anilines is 1. The van der Waals surface area contributed by atoms with Gasteiger partial charge in [0.05, 0.1) is 16.8 Å². The van der Waals surface area contributed by atoms with Crippen molar-refractivity contribution in [1.82, 2.24) is 19.9 Å². The van der Waals surface area contributed by atoms with Crippen molar-refractivity contribution in [3.05, 3.63) is 28.6 Å². The van der Waals surface area contributed by atoms with Crippen molar-refractivity contribution < 1.29 is 4.74 Å². The van der Waals surface area contributed by atoms with E-state index in [1.54, 1.807) is 25.6 Å². The molecule has 0 aliphatic rings. The number of aromatic nitrogens is 4. The number of rotatable bonds is 6. The van der Waals surface area contributed by atoms with Gasteiger partial charge < -0.3 is 10.1 Å². The monoisotopic (exact) mass is 337 g/mol. The fraction of sp³-hybridized carbons (Fsp3) is 0.385. The Morgan fingerprint density at radius 3 is 2.60 bits per heavy atom. The first-order valence-electron chi connectivity index (χ1n) is 6.32. The van der Waals surface area contributed by atoms with Gasteiger partial charge in [0, 0.05) is 26.0 Å². The van der Waals surface area contributed by atoms with Crippen molar-refractivity contribution in [2.75, 3.05) is 19.0 Å². The number of hydrogen-bond donors (Lipinski definition) is 1. The maximum Gasteiger partial charge on any atom is 0.200 e. The topological polar surface area (TPSA) is 72.8 Å². The van der Waals surface area contributed by atoms with Gasteiger partial charge in [-0.1, -0.05) is 6.92 Å². The number of nitrogens with one attached hydrogen (secondary N) is 1. The highest BCUT2D eigenvalue weighted by Crippen LogP contribution is 2.26. The lowest BCUT2D eigenvalue weighted by molar-refractivity contribution is 0.181. The van der Waals surface area contributed by atoms with Crippen LogP contribution in [0.25, 0.3) is 11.6 Å². The summed E-state index contributed by atoms with van der Waals surface area (Å²) < 4.78 is 5.98. The van der Waals surface area contributed by atoms with Crippen molar-refractivity contribution in [1.29, 1.82) is 0 Å². The SMILES string of the molecule is CCCNc1nc(-c2ncccn2)nc(COC)c1Br. The third-order valence-corrected chi connectivity index (χ3v) is 3.34. The summed E-state index contributed by atoms with van der Waals surface area (Å²) in [5, 5.41) is 3.26. The first kappa shape index (κ1) is 14.8. The predicted octanol–water partition coefficient (Wildman–Crippen LogP) is 2.66. The minimum atomic E-state index is 0.393. The van der Waals surface area contributed by atoms with Crippen LogP contribution in [-0.2, 0) is 11.3 Å². The summed E-state index contributed by atoms with van der Waals surface area (Å²) in [6.07, 6.45) is 4.35. The van der Waals surface area contributed by atoms with Gasteiger partial charge in [-0.2, -0.15) is 0 Å². The lowest BCUT2D eigenvalue weighted by Gasteiger charge is -2.11. The van der Waals surface area contributed by atoms with Crippen LogP contribution in [0.15, 0.2) is 22.9 Å². The lowest BCUT2D eigenvalue weighted by Crippen LogP contribution is -2.08. The van der Waals surface area contributed by atoms with Gasteiger partial charge in [0.1, 0.15) is 5.82 Å². The van der Waals surface area contributed by atoms with E-state index < -0.39 is 0 Å². The number of nitrogens with zero attached hydrogens (tertiary/aromatic N) is 4. The highest BCUT2D eigenvalue weighted by atomic mass is 79.9. The Morgan fingerprint density at radius 2 is 1.95 bits per heavy atom. The largest absolute Gasteiger partial charge is 0.378 e. The number of halogens is 1. The molecule has 0 spiro atoms. The molecule has 20 heavy (non-hydrogen) atoms. The van der Waals surface area contributed by atoms with E-state index in [1.807, 2.05) is 0 Å². The normalized spacial score (nSPS) is 10.6. The zero-order valence-corrected chi connectivity index (χ0v) is 13.0. The van der Waals surface area contributed by atoms with Crippen LogP contribution in [0.1, 0.15) is 19.0 Å². The molecule has 2 aromatic rings. The van der Waals surface area contributed by atoms with E-state index in [4.69, 9.17) is 4.74 Å². The van der Waals surface area contributed by atoms with Crippen molar-refractivity contribution in [2.45, 2.75) is 20.0 Å². The summed E-state index contributed by atoms with van der Waals surface area (Å²) >= 11 is 3.51. The van der Waals surface area contributed by atoms with E-state index in [2.05, 4.69) is 48.1 Å². The molecule has 0 fully saturated rings. The molecule has 0 aliphatic carbocycles. The molecule has 2 rings (SSSR count). The van der Waals surface area contributed by atoms with Gasteiger partial charge in [-0.05, 0) is 28.4 Å². The maximum absolute atomic E-state index is 5.17. The molecule has 0 unspecified atom stereocenters. The van der Waals surface area contributed by atoms with Crippen LogP contribution in [0.3, 0.4) is 0 Å². The van der Waals surface area contributed by atoms with Crippen LogP contribution in [0.5, 0.6) is 0 Å². The Bertz CT molecular complexity index is 564. The minimum absolute atomic E-state index is 0.393. The number of methoxy groups -OCH3 is 1. The Hall–Kier alpha value is -1.60. The minimum Gasteiger partial charge on any atom is -0.378 e. The predicted molar refractivity (Wildman–Crippen MR) is 80.3 cm³/mol. The Labute approximate surface area is 126 Å². The van der Waals surface area contributed by atoms with Gasteiger partial charge in [0.2, 0.25) is 0 Å². The molecule has 1 N–H and O–H groups in total. The molecule has 0 radical (unpaired) electrons. The van der Waals surface area contributed by atoms with E-state index in [-0.39, 0.29) is 0 Å². The second kappa shape index (κ2) is 7.25. The van der Waals surface area contributed by atoms with Gasteiger partial charge in [-0.15, -0.1) is 0 Å². The number of hydrogen-bond acceptors (Lipinski definition) is 6. The van der Waals surface area contributed by atoms with E-state index >= 15 is 0 Å². The molecule has 2 heterocycles. The summed E-state index contributed by atoms with van der Waals surface area (Å²) in [6.45, 7) is 3.32. The highest BCUT2D eigenvalue weighted by Gasteiger charge is 2.14. The number of ether oxygens (including phenoxy) is 1. The third-order valence-electron chi connectivity index (χ3n) is 2.51. The van der Waals surface area contributed by atoms with Gasteiger partial charge in [0.15, 0.2) is 11.6 Å². The first-order valence-corrected chi connectivity index (χ1v) is 7.12. The van der Waals surface area contributed by atoms with Crippen molar-refractivity contribution >= 4 is 21.7 Å². The van der Waals surface area contributed by atoms with Gasteiger partial charge in [-0.3, -0.25) is 0 Å². The molecular formula is C13H16BrN5O. The van der Waals surface area contributed by atoms with Crippen molar-refractivity contribution in [3.8, 4) is 11.6 Å². The second-order valence-electron chi connectivity index (χ2n) is 4.09. The molecule has 7 heteroatoms. The highest BCUT2D eigenvalue weighted by molar-refractivity contribution is 9.10. The van der Waals surface area contributed by atoms with E-state index in [9.17, 15) is 0 Å². The molecule has 0 aliphatic heterocycles. The Balaban J connectivity index is 2.44. The summed E-state index contributed by atoms with van der Waals surface area (Å²) in [5.74, 6) is 1.72. The summed E-state index contributed by atoms with van der Waals surface area (Å²) in [4.78, 5) is 17.3. The van der Waals surface area contributed by atoms with Crippen LogP contribution in [0.4, 0.5) is 5.82 Å². The van der Waals surface area contributed by atoms with Crippen LogP contribution in [0.2, 0.25) is 0 Å². The van der Waals surface area contributed by atoms with E-state index in [0.29, 0.717) is 18.3 Å². The van der Waals surface area contributed by atoms with Gasteiger partial charge in [0.25, 0.3) is 0 Å². The Morgan fingerprint density at radius 1 is 1.20 bits per heavy atom. The fourth-order valence-electron chi connectivity index (χ4n) is 1.60. The average molecular weight is 338 g/mol. The zero-order valence-electron chi connectivity index (χ0n) is 11.4. The maximum atomic E-state index is 5.17. The summed E-state index contributed by atoms with van der Waals surface area (Å²) in [5.41, 5.74) is 0.767. The van der Waals surface area contributed by atoms with Crippen LogP contribution in [-0.4, -0.2) is 33.6 Å². The van der Waals surface area contributed by atoms with Crippen molar-refractivity contribution in [2.24, 2.45) is 0 Å². The van der Waals surface area contributed by atoms with E-state index in [1.165, 1.54) is 0 Å². The van der Waals surface area contributed by atoms with Crippen molar-refractivity contribution in [3.63, 3.8) is 0 Å². The first-order chi connectivity index (χ1) is 9.76. The van der Waals surface area contributed by atoms with Gasteiger partial charge >= 0.3 is 0 Å². The van der Waals surface area contributed by atoms with Gasteiger partial charge in [-0.25, -0.2) is 19.9 Å². The molecule has 0 aromatic carbocycles. The lowest BCUT2D eigenvalue weighted by atomic mass is 10.3.